The summed E-state index contributed by atoms with van der Waals surface area (Å²) in [4.78, 5) is -0.164. The highest BCUT2D eigenvalue weighted by atomic mass is 19.3. The predicted octanol–water partition coefficient (Wildman–Crippen LogP) is -2.36. The summed E-state index contributed by atoms with van der Waals surface area (Å²) in [6.45, 7) is -1.88. The summed E-state index contributed by atoms with van der Waals surface area (Å²) in [5.74, 6) is -4.35. The van der Waals surface area contributed by atoms with Crippen molar-refractivity contribution in [2.24, 2.45) is 0 Å². The van der Waals surface area contributed by atoms with E-state index in [1.807, 2.05) is 0 Å². The zero-order valence-electron chi connectivity index (χ0n) is 8.22. The van der Waals surface area contributed by atoms with Crippen LogP contribution in [0.3, 0.4) is 0 Å². The lowest BCUT2D eigenvalue weighted by Gasteiger charge is -2.37. The second-order valence-electron chi connectivity index (χ2n) is 3.25. The van der Waals surface area contributed by atoms with E-state index in [-0.39, 0.29) is 4.90 Å². The van der Waals surface area contributed by atoms with Gasteiger partial charge in [-0.15, -0.1) is 0 Å². The molecule has 3 atom stereocenters. The van der Waals surface area contributed by atoms with Crippen molar-refractivity contribution in [3.8, 4) is 0 Å². The van der Waals surface area contributed by atoms with E-state index in [0.29, 0.717) is 0 Å². The molecule has 3 N–H and O–H groups in total. The highest BCUT2D eigenvalue weighted by Gasteiger charge is 2.54. The van der Waals surface area contributed by atoms with Crippen molar-refractivity contribution in [2.75, 3.05) is 13.1 Å². The van der Waals surface area contributed by atoms with Crippen LogP contribution in [0.2, 0.25) is 0 Å². The Hall–Kier alpha value is -0.175. The minimum absolute atomic E-state index is 0.164. The Kier molecular flexibility index (Phi) is 5.38. The molecule has 0 bridgehead atoms. The molecular formula is C6H9B3F3NO3. The molecule has 0 aromatic heterocycles. The molecule has 0 rings (SSSR count). The van der Waals surface area contributed by atoms with E-state index < -0.39 is 36.9 Å². The van der Waals surface area contributed by atoms with E-state index in [1.165, 1.54) is 0 Å². The van der Waals surface area contributed by atoms with E-state index in [4.69, 9.17) is 31.0 Å². The van der Waals surface area contributed by atoms with Gasteiger partial charge in [-0.3, -0.25) is 0 Å². The topological polar surface area (TPSA) is 63.9 Å². The summed E-state index contributed by atoms with van der Waals surface area (Å²) < 4.78 is 38.9. The van der Waals surface area contributed by atoms with Crippen LogP contribution in [0.4, 0.5) is 13.2 Å². The Morgan fingerprint density at radius 1 is 1.06 bits per heavy atom. The molecule has 10 heteroatoms. The van der Waals surface area contributed by atoms with Crippen LogP contribution in [0.25, 0.3) is 0 Å². The molecule has 3 unspecified atom stereocenters. The van der Waals surface area contributed by atoms with Crippen LogP contribution >= 0.6 is 0 Å². The van der Waals surface area contributed by atoms with Gasteiger partial charge in [0.15, 0.2) is 7.85 Å². The SMILES string of the molecule is [B]C(O)CN(CC([B])O)C(F)(F)C([B])(O)F. The zero-order chi connectivity index (χ0) is 13.1. The third kappa shape index (κ3) is 4.36. The van der Waals surface area contributed by atoms with Crippen LogP contribution in [0.1, 0.15) is 0 Å². The van der Waals surface area contributed by atoms with E-state index >= 15 is 0 Å². The summed E-state index contributed by atoms with van der Waals surface area (Å²) >= 11 is 0. The zero-order valence-corrected chi connectivity index (χ0v) is 8.22. The summed E-state index contributed by atoms with van der Waals surface area (Å²) in [5, 5.41) is 25.8. The molecule has 0 spiro atoms. The first kappa shape index (κ1) is 15.8. The molecule has 0 saturated carbocycles. The van der Waals surface area contributed by atoms with Crippen molar-refractivity contribution >= 4 is 23.5 Å². The van der Waals surface area contributed by atoms with Gasteiger partial charge in [0.05, 0.1) is 0 Å². The Bertz CT molecular complexity index is 215. The van der Waals surface area contributed by atoms with Gasteiger partial charge in [0.25, 0.3) is 0 Å². The maximum absolute atomic E-state index is 13.2. The minimum Gasteiger partial charge on any atom is -0.402 e. The molecule has 0 aliphatic rings. The summed E-state index contributed by atoms with van der Waals surface area (Å²) in [7, 11) is 13.9. The number of aliphatic hydroxyl groups is 3. The maximum atomic E-state index is 13.2. The highest BCUT2D eigenvalue weighted by Crippen LogP contribution is 2.31. The lowest BCUT2D eigenvalue weighted by Crippen LogP contribution is -2.60. The first-order valence-electron chi connectivity index (χ1n) is 4.18. The first-order valence-corrected chi connectivity index (χ1v) is 4.18. The van der Waals surface area contributed by atoms with Crippen molar-refractivity contribution in [1.29, 1.82) is 0 Å². The number of rotatable bonds is 6. The number of hydrogen-bond acceptors (Lipinski definition) is 4. The van der Waals surface area contributed by atoms with Crippen LogP contribution in [-0.2, 0) is 0 Å². The van der Waals surface area contributed by atoms with Crippen LogP contribution in [0, 0.1) is 0 Å². The van der Waals surface area contributed by atoms with Gasteiger partial charge in [-0.2, -0.15) is 8.78 Å². The summed E-state index contributed by atoms with van der Waals surface area (Å²) in [6.07, 6.45) is 0. The standard InChI is InChI=1S/C6H9B3F3NO3/c7-3(14)1-13(2-4(8)15)6(11,12)5(9,10)16/h3-4,14-16H,1-2H2. The van der Waals surface area contributed by atoms with Gasteiger partial charge in [-0.05, 0) is 0 Å². The Morgan fingerprint density at radius 2 is 1.38 bits per heavy atom. The van der Waals surface area contributed by atoms with Crippen LogP contribution in [0.5, 0.6) is 0 Å². The molecule has 6 radical (unpaired) electrons. The molecule has 0 amide bonds. The Labute approximate surface area is 94.7 Å². The average molecular weight is 233 g/mol. The van der Waals surface area contributed by atoms with Gasteiger partial charge in [0, 0.05) is 25.1 Å². The van der Waals surface area contributed by atoms with Gasteiger partial charge in [-0.1, -0.05) is 0 Å². The number of hydrogen-bond donors (Lipinski definition) is 3. The van der Waals surface area contributed by atoms with Crippen LogP contribution in [-0.4, -0.2) is 80.7 Å². The van der Waals surface area contributed by atoms with Crippen molar-refractivity contribution < 1.29 is 28.5 Å². The molecule has 4 nitrogen and oxygen atoms in total. The number of nitrogens with zero attached hydrogens (tertiary/aromatic N) is 1. The third-order valence-corrected chi connectivity index (χ3v) is 1.63. The number of alkyl halides is 3. The van der Waals surface area contributed by atoms with Crippen molar-refractivity contribution in [1.82, 2.24) is 4.90 Å². The largest absolute Gasteiger partial charge is 0.402 e. The molecule has 0 fully saturated rings. The summed E-state index contributed by atoms with van der Waals surface area (Å²) in [5.41, 5.74) is 0. The predicted molar refractivity (Wildman–Crippen MR) is 51.9 cm³/mol. The second-order valence-corrected chi connectivity index (χ2v) is 3.25. The number of aliphatic hydroxyl groups excluding tert-OH is 2. The van der Waals surface area contributed by atoms with Crippen molar-refractivity contribution in [2.45, 2.75) is 23.8 Å². The van der Waals surface area contributed by atoms with E-state index in [0.717, 1.165) is 0 Å². The second kappa shape index (κ2) is 5.44. The van der Waals surface area contributed by atoms with E-state index in [9.17, 15) is 13.2 Å². The highest BCUT2D eigenvalue weighted by molar-refractivity contribution is 6.14. The molecule has 86 valence electrons. The first-order chi connectivity index (χ1) is 6.98. The third-order valence-electron chi connectivity index (χ3n) is 1.63. The smallest absolute Gasteiger partial charge is 0.352 e. The lowest BCUT2D eigenvalue weighted by molar-refractivity contribution is -0.280. The van der Waals surface area contributed by atoms with Gasteiger partial charge >= 0.3 is 6.05 Å². The Morgan fingerprint density at radius 3 is 1.56 bits per heavy atom. The van der Waals surface area contributed by atoms with Crippen LogP contribution < -0.4 is 0 Å². The number of halogens is 3. The van der Waals surface area contributed by atoms with Gasteiger partial charge in [0.2, 0.25) is 5.75 Å². The van der Waals surface area contributed by atoms with Gasteiger partial charge in [-0.25, -0.2) is 9.29 Å². The molecule has 0 aromatic rings. The molecule has 16 heavy (non-hydrogen) atoms. The molecule has 0 heterocycles. The van der Waals surface area contributed by atoms with Crippen molar-refractivity contribution in [3.05, 3.63) is 0 Å². The quantitative estimate of drug-likeness (QED) is 0.354. The fourth-order valence-corrected chi connectivity index (χ4v) is 0.977. The maximum Gasteiger partial charge on any atom is 0.352 e. The van der Waals surface area contributed by atoms with Gasteiger partial charge < -0.3 is 15.3 Å². The molecule has 0 aromatic carbocycles. The van der Waals surface area contributed by atoms with Crippen LogP contribution in [0.15, 0.2) is 0 Å². The summed E-state index contributed by atoms with van der Waals surface area (Å²) in [6, 6.07) is -8.05. The van der Waals surface area contributed by atoms with Crippen molar-refractivity contribution in [3.63, 3.8) is 0 Å². The van der Waals surface area contributed by atoms with E-state index in [2.05, 4.69) is 7.85 Å². The Balaban J connectivity index is 4.86. The van der Waals surface area contributed by atoms with Gasteiger partial charge in [0.1, 0.15) is 15.7 Å². The monoisotopic (exact) mass is 233 g/mol. The minimum atomic E-state index is -4.56. The molecule has 0 aliphatic carbocycles. The normalized spacial score (nSPS) is 20.4. The lowest BCUT2D eigenvalue weighted by atomic mass is 9.91. The molecular weight excluding hydrogens is 223 g/mol. The molecule has 0 saturated heterocycles. The average Bonchev–Trinajstić information content (AvgIpc) is 1.98. The van der Waals surface area contributed by atoms with E-state index in [1.54, 1.807) is 0 Å². The fourth-order valence-electron chi connectivity index (χ4n) is 0.977. The molecule has 0 aliphatic heterocycles. The fraction of sp³-hybridized carbons (Fsp3) is 1.00.